The molecule has 0 saturated heterocycles. The molecule has 1 atom stereocenters. The fourth-order valence-electron chi connectivity index (χ4n) is 1.52. The number of aliphatic hydroxyl groups excluding tert-OH is 1. The van der Waals surface area contributed by atoms with E-state index in [9.17, 15) is 8.78 Å². The Kier molecular flexibility index (Phi) is 4.40. The van der Waals surface area contributed by atoms with Crippen LogP contribution in [0.2, 0.25) is 0 Å². The van der Waals surface area contributed by atoms with Crippen molar-refractivity contribution in [3.8, 4) is 10.6 Å². The zero-order valence-electron chi connectivity index (χ0n) is 9.44. The van der Waals surface area contributed by atoms with E-state index in [2.05, 4.69) is 15.5 Å². The van der Waals surface area contributed by atoms with Gasteiger partial charge in [-0.05, 0) is 11.4 Å². The molecule has 0 spiro atoms. The third kappa shape index (κ3) is 3.12. The molecule has 0 aliphatic carbocycles. The maximum atomic E-state index is 12.1. The zero-order valence-corrected chi connectivity index (χ0v) is 10.3. The Morgan fingerprint density at radius 3 is 3.00 bits per heavy atom. The van der Waals surface area contributed by atoms with Crippen LogP contribution in [-0.4, -0.2) is 34.4 Å². The van der Waals surface area contributed by atoms with E-state index in [1.165, 1.54) is 0 Å². The van der Waals surface area contributed by atoms with Crippen molar-refractivity contribution in [1.82, 2.24) is 15.5 Å². The smallest absolute Gasteiger partial charge is 0.265 e. The standard InChI is InChI=1S/C11H13F2N3OS/c12-11(13)8(17)6-14-4-7-5-15-16-10(7)9-2-1-3-18-9/h1-3,5,8,11,14,17H,4,6H2,(H,15,16). The van der Waals surface area contributed by atoms with Crippen LogP contribution in [0.4, 0.5) is 8.78 Å². The third-order valence-electron chi connectivity index (χ3n) is 2.45. The van der Waals surface area contributed by atoms with E-state index < -0.39 is 12.5 Å². The van der Waals surface area contributed by atoms with Gasteiger partial charge in [-0.2, -0.15) is 5.10 Å². The van der Waals surface area contributed by atoms with E-state index in [-0.39, 0.29) is 6.54 Å². The van der Waals surface area contributed by atoms with Crippen molar-refractivity contribution in [3.05, 3.63) is 29.3 Å². The Hall–Kier alpha value is -1.31. The number of halogens is 2. The Bertz CT molecular complexity index is 472. The van der Waals surface area contributed by atoms with Crippen LogP contribution in [0, 0.1) is 0 Å². The van der Waals surface area contributed by atoms with Gasteiger partial charge in [0.25, 0.3) is 6.43 Å². The molecule has 1 unspecified atom stereocenters. The average molecular weight is 273 g/mol. The molecule has 0 aliphatic rings. The van der Waals surface area contributed by atoms with Gasteiger partial charge in [0.15, 0.2) is 0 Å². The highest BCUT2D eigenvalue weighted by atomic mass is 32.1. The number of aliphatic hydroxyl groups is 1. The first-order valence-corrected chi connectivity index (χ1v) is 6.29. The number of hydrogen-bond acceptors (Lipinski definition) is 4. The second-order valence-electron chi connectivity index (χ2n) is 3.78. The van der Waals surface area contributed by atoms with Crippen molar-refractivity contribution in [2.45, 2.75) is 19.1 Å². The molecule has 98 valence electrons. The molecule has 2 aromatic heterocycles. The number of aromatic nitrogens is 2. The largest absolute Gasteiger partial charge is 0.386 e. The monoisotopic (exact) mass is 273 g/mol. The van der Waals surface area contributed by atoms with E-state index >= 15 is 0 Å². The first-order chi connectivity index (χ1) is 8.68. The predicted octanol–water partition coefficient (Wildman–Crippen LogP) is 1.85. The number of aromatic amines is 1. The van der Waals surface area contributed by atoms with Crippen molar-refractivity contribution in [1.29, 1.82) is 0 Å². The second-order valence-corrected chi connectivity index (χ2v) is 4.73. The number of thiophene rings is 1. The molecule has 0 bridgehead atoms. The molecule has 4 nitrogen and oxygen atoms in total. The van der Waals surface area contributed by atoms with Crippen LogP contribution < -0.4 is 5.32 Å². The van der Waals surface area contributed by atoms with Crippen LogP contribution in [-0.2, 0) is 6.54 Å². The summed E-state index contributed by atoms with van der Waals surface area (Å²) in [6, 6.07) is 3.88. The lowest BCUT2D eigenvalue weighted by Crippen LogP contribution is -2.31. The first kappa shape index (κ1) is 13.1. The summed E-state index contributed by atoms with van der Waals surface area (Å²) in [6.45, 7) is 0.236. The van der Waals surface area contributed by atoms with Crippen LogP contribution in [0.3, 0.4) is 0 Å². The molecular formula is C11H13F2N3OS. The Morgan fingerprint density at radius 1 is 1.50 bits per heavy atom. The van der Waals surface area contributed by atoms with E-state index in [1.54, 1.807) is 17.5 Å². The van der Waals surface area contributed by atoms with Gasteiger partial charge in [-0.3, -0.25) is 5.10 Å². The molecule has 0 saturated carbocycles. The van der Waals surface area contributed by atoms with Crippen molar-refractivity contribution < 1.29 is 13.9 Å². The van der Waals surface area contributed by atoms with Gasteiger partial charge in [0.2, 0.25) is 0 Å². The highest BCUT2D eigenvalue weighted by Crippen LogP contribution is 2.25. The van der Waals surface area contributed by atoms with Crippen molar-refractivity contribution in [2.75, 3.05) is 6.54 Å². The highest BCUT2D eigenvalue weighted by molar-refractivity contribution is 7.13. The summed E-state index contributed by atoms with van der Waals surface area (Å²) in [6.07, 6.45) is -2.71. The van der Waals surface area contributed by atoms with Gasteiger partial charge in [0.1, 0.15) is 6.10 Å². The predicted molar refractivity (Wildman–Crippen MR) is 65.6 cm³/mol. The number of rotatable bonds is 6. The number of nitrogens with zero attached hydrogens (tertiary/aromatic N) is 1. The topological polar surface area (TPSA) is 60.9 Å². The molecule has 18 heavy (non-hydrogen) atoms. The maximum absolute atomic E-state index is 12.1. The molecule has 2 aromatic rings. The number of nitrogens with one attached hydrogen (secondary N) is 2. The minimum absolute atomic E-state index is 0.146. The lowest BCUT2D eigenvalue weighted by Gasteiger charge is -2.10. The van der Waals surface area contributed by atoms with Crippen LogP contribution in [0.1, 0.15) is 5.56 Å². The van der Waals surface area contributed by atoms with E-state index in [0.29, 0.717) is 6.54 Å². The van der Waals surface area contributed by atoms with Crippen LogP contribution in [0.15, 0.2) is 23.7 Å². The molecule has 0 radical (unpaired) electrons. The molecule has 0 fully saturated rings. The second kappa shape index (κ2) is 6.03. The molecule has 0 aromatic carbocycles. The highest BCUT2D eigenvalue weighted by Gasteiger charge is 2.16. The normalized spacial score (nSPS) is 13.1. The summed E-state index contributed by atoms with van der Waals surface area (Å²) in [5, 5.41) is 20.5. The molecule has 0 aliphatic heterocycles. The molecule has 2 rings (SSSR count). The van der Waals surface area contributed by atoms with Gasteiger partial charge in [0.05, 0.1) is 16.8 Å². The fraction of sp³-hybridized carbons (Fsp3) is 0.364. The molecule has 3 N–H and O–H groups in total. The molecule has 2 heterocycles. The Labute approximate surface area is 107 Å². The van der Waals surface area contributed by atoms with Crippen molar-refractivity contribution in [2.24, 2.45) is 0 Å². The fourth-order valence-corrected chi connectivity index (χ4v) is 2.28. The molecule has 0 amide bonds. The average Bonchev–Trinajstić information content (AvgIpc) is 2.98. The summed E-state index contributed by atoms with van der Waals surface area (Å²) in [5.74, 6) is 0. The maximum Gasteiger partial charge on any atom is 0.265 e. The van der Waals surface area contributed by atoms with E-state index in [0.717, 1.165) is 16.1 Å². The van der Waals surface area contributed by atoms with Gasteiger partial charge in [0, 0.05) is 18.7 Å². The van der Waals surface area contributed by atoms with Crippen molar-refractivity contribution in [3.63, 3.8) is 0 Å². The number of H-pyrrole nitrogens is 1. The quantitative estimate of drug-likeness (QED) is 0.753. The van der Waals surface area contributed by atoms with Crippen molar-refractivity contribution >= 4 is 11.3 Å². The summed E-state index contributed by atoms with van der Waals surface area (Å²) >= 11 is 1.57. The molecular weight excluding hydrogens is 260 g/mol. The lowest BCUT2D eigenvalue weighted by atomic mass is 10.2. The summed E-state index contributed by atoms with van der Waals surface area (Å²) in [5.41, 5.74) is 1.77. The number of hydrogen-bond donors (Lipinski definition) is 3. The lowest BCUT2D eigenvalue weighted by molar-refractivity contribution is -0.00340. The van der Waals surface area contributed by atoms with Gasteiger partial charge < -0.3 is 10.4 Å². The summed E-state index contributed by atoms with van der Waals surface area (Å²) in [4.78, 5) is 1.04. The van der Waals surface area contributed by atoms with E-state index in [1.807, 2.05) is 17.5 Å². The van der Waals surface area contributed by atoms with Gasteiger partial charge in [-0.1, -0.05) is 6.07 Å². The SMILES string of the molecule is OC(CNCc1cn[nH]c1-c1cccs1)C(F)F. The van der Waals surface area contributed by atoms with Crippen LogP contribution >= 0.6 is 11.3 Å². The minimum atomic E-state index is -2.72. The summed E-state index contributed by atoms with van der Waals surface area (Å²) in [7, 11) is 0. The number of alkyl halides is 2. The van der Waals surface area contributed by atoms with E-state index in [4.69, 9.17) is 5.11 Å². The zero-order chi connectivity index (χ0) is 13.0. The van der Waals surface area contributed by atoms with Crippen LogP contribution in [0.5, 0.6) is 0 Å². The summed E-state index contributed by atoms with van der Waals surface area (Å²) < 4.78 is 24.2. The third-order valence-corrected chi connectivity index (χ3v) is 3.33. The van der Waals surface area contributed by atoms with Crippen LogP contribution in [0.25, 0.3) is 10.6 Å². The van der Waals surface area contributed by atoms with Gasteiger partial charge in [-0.15, -0.1) is 11.3 Å². The first-order valence-electron chi connectivity index (χ1n) is 5.41. The van der Waals surface area contributed by atoms with Gasteiger partial charge in [-0.25, -0.2) is 8.78 Å². The van der Waals surface area contributed by atoms with Gasteiger partial charge >= 0.3 is 0 Å². The minimum Gasteiger partial charge on any atom is -0.386 e. The Morgan fingerprint density at radius 2 is 2.33 bits per heavy atom. The Balaban J connectivity index is 1.93. The molecule has 7 heteroatoms.